The third-order valence-electron chi connectivity index (χ3n) is 5.09. The van der Waals surface area contributed by atoms with Crippen LogP contribution in [0, 0.1) is 5.92 Å². The molecule has 0 unspecified atom stereocenters. The largest absolute Gasteiger partial charge is 0.496 e. The van der Waals surface area contributed by atoms with Crippen LogP contribution in [0.25, 0.3) is 0 Å². The van der Waals surface area contributed by atoms with Gasteiger partial charge in [-0.05, 0) is 38.2 Å². The van der Waals surface area contributed by atoms with Crippen molar-refractivity contribution < 1.29 is 9.53 Å². The quantitative estimate of drug-likeness (QED) is 0.747. The number of carbonyl (C=O) groups excluding carboxylic acids is 1. The Balaban J connectivity index is 1.60. The summed E-state index contributed by atoms with van der Waals surface area (Å²) in [6.45, 7) is 2.54. The van der Waals surface area contributed by atoms with Gasteiger partial charge in [0.25, 0.3) is 0 Å². The number of rotatable bonds is 8. The van der Waals surface area contributed by atoms with Crippen molar-refractivity contribution in [2.24, 2.45) is 5.92 Å². The number of nitrogens with one attached hydrogen (secondary N) is 1. The summed E-state index contributed by atoms with van der Waals surface area (Å²) in [6, 6.07) is 9.86. The summed E-state index contributed by atoms with van der Waals surface area (Å²) in [5, 5.41) is 3.25. The molecule has 2 heterocycles. The topological polar surface area (TPSA) is 70.6 Å². The van der Waals surface area contributed by atoms with Crippen LogP contribution < -0.4 is 15.0 Å². The third kappa shape index (κ3) is 5.19. The molecule has 1 aliphatic rings. The summed E-state index contributed by atoms with van der Waals surface area (Å²) in [6.07, 6.45) is 4.42. The first-order valence-electron chi connectivity index (χ1n) is 9.63. The molecule has 28 heavy (non-hydrogen) atoms. The average molecular weight is 383 g/mol. The van der Waals surface area contributed by atoms with Crippen molar-refractivity contribution in [2.75, 3.05) is 45.7 Å². The molecule has 1 saturated heterocycles. The Morgan fingerprint density at radius 2 is 2.11 bits per heavy atom. The van der Waals surface area contributed by atoms with Crippen LogP contribution in [0.1, 0.15) is 12.0 Å². The van der Waals surface area contributed by atoms with Crippen molar-refractivity contribution in [3.63, 3.8) is 0 Å². The van der Waals surface area contributed by atoms with E-state index in [-0.39, 0.29) is 11.9 Å². The predicted molar refractivity (Wildman–Crippen MR) is 110 cm³/mol. The Hall–Kier alpha value is -2.67. The maximum Gasteiger partial charge on any atom is 0.220 e. The molecule has 7 heteroatoms. The summed E-state index contributed by atoms with van der Waals surface area (Å²) >= 11 is 0. The van der Waals surface area contributed by atoms with E-state index in [4.69, 9.17) is 4.74 Å². The van der Waals surface area contributed by atoms with E-state index in [2.05, 4.69) is 39.2 Å². The monoisotopic (exact) mass is 383 g/mol. The number of anilines is 1. The lowest BCUT2D eigenvalue weighted by Gasteiger charge is -2.22. The van der Waals surface area contributed by atoms with Gasteiger partial charge in [-0.2, -0.15) is 0 Å². The smallest absolute Gasteiger partial charge is 0.220 e. The van der Waals surface area contributed by atoms with E-state index >= 15 is 0 Å². The van der Waals surface area contributed by atoms with Crippen molar-refractivity contribution in [3.8, 4) is 5.75 Å². The van der Waals surface area contributed by atoms with Gasteiger partial charge in [0, 0.05) is 38.2 Å². The molecule has 0 bridgehead atoms. The van der Waals surface area contributed by atoms with Crippen molar-refractivity contribution >= 4 is 11.7 Å². The number of hydrogen-bond acceptors (Lipinski definition) is 6. The molecule has 1 amide bonds. The molecule has 1 N–H and O–H groups in total. The van der Waals surface area contributed by atoms with Crippen LogP contribution in [0.15, 0.2) is 42.9 Å². The lowest BCUT2D eigenvalue weighted by atomic mass is 10.0. The van der Waals surface area contributed by atoms with Crippen LogP contribution in [0.5, 0.6) is 5.75 Å². The van der Waals surface area contributed by atoms with E-state index in [1.807, 2.05) is 30.3 Å². The van der Waals surface area contributed by atoms with Gasteiger partial charge >= 0.3 is 0 Å². The van der Waals surface area contributed by atoms with Gasteiger partial charge in [-0.15, -0.1) is 0 Å². The number of para-hydroxylation sites is 1. The first-order valence-corrected chi connectivity index (χ1v) is 9.63. The lowest BCUT2D eigenvalue weighted by molar-refractivity contribution is -0.121. The van der Waals surface area contributed by atoms with Crippen molar-refractivity contribution in [1.29, 1.82) is 0 Å². The second-order valence-electron chi connectivity index (χ2n) is 7.48. The SMILES string of the molecule is COc1ccccc1CCC(=O)N[C@@H]1CN(c2ccncn2)C[C@H]1CN(C)C. The second-order valence-corrected chi connectivity index (χ2v) is 7.48. The van der Waals surface area contributed by atoms with Gasteiger partial charge < -0.3 is 19.9 Å². The zero-order chi connectivity index (χ0) is 19.9. The summed E-state index contributed by atoms with van der Waals surface area (Å²) in [5.74, 6) is 2.16. The Labute approximate surface area is 166 Å². The molecule has 3 rings (SSSR count). The lowest BCUT2D eigenvalue weighted by Crippen LogP contribution is -2.43. The minimum atomic E-state index is 0.0733. The van der Waals surface area contributed by atoms with Crippen LogP contribution in [-0.2, 0) is 11.2 Å². The molecule has 1 aromatic heterocycles. The number of nitrogens with zero attached hydrogens (tertiary/aromatic N) is 4. The van der Waals surface area contributed by atoms with E-state index in [1.165, 1.54) is 0 Å². The molecule has 2 atom stereocenters. The van der Waals surface area contributed by atoms with Crippen molar-refractivity contribution in [3.05, 3.63) is 48.4 Å². The summed E-state index contributed by atoms with van der Waals surface area (Å²) in [4.78, 5) is 25.4. The molecule has 0 spiro atoms. The molecule has 2 aromatic rings. The van der Waals surface area contributed by atoms with Gasteiger partial charge in [0.15, 0.2) is 0 Å². The number of aryl methyl sites for hydroxylation is 1. The molecular formula is C21H29N5O2. The third-order valence-corrected chi connectivity index (χ3v) is 5.09. The van der Waals surface area contributed by atoms with Crippen LogP contribution in [0.3, 0.4) is 0 Å². The molecule has 1 aromatic carbocycles. The normalized spacial score (nSPS) is 19.1. The summed E-state index contributed by atoms with van der Waals surface area (Å²) < 4.78 is 5.38. The molecule has 1 aliphatic heterocycles. The maximum absolute atomic E-state index is 12.6. The molecule has 0 saturated carbocycles. The molecule has 0 aliphatic carbocycles. The van der Waals surface area contributed by atoms with E-state index in [0.29, 0.717) is 18.8 Å². The molecule has 7 nitrogen and oxygen atoms in total. The number of benzene rings is 1. The number of carbonyl (C=O) groups is 1. The Morgan fingerprint density at radius 3 is 2.82 bits per heavy atom. The first-order chi connectivity index (χ1) is 13.6. The fourth-order valence-corrected chi connectivity index (χ4v) is 3.78. The van der Waals surface area contributed by atoms with Crippen LogP contribution in [0.4, 0.5) is 5.82 Å². The van der Waals surface area contributed by atoms with E-state index < -0.39 is 0 Å². The van der Waals surface area contributed by atoms with Gasteiger partial charge in [-0.1, -0.05) is 18.2 Å². The number of amides is 1. The maximum atomic E-state index is 12.6. The number of methoxy groups -OCH3 is 1. The van der Waals surface area contributed by atoms with Gasteiger partial charge in [-0.3, -0.25) is 4.79 Å². The molecule has 0 radical (unpaired) electrons. The zero-order valence-corrected chi connectivity index (χ0v) is 16.8. The minimum absolute atomic E-state index is 0.0733. The van der Waals surface area contributed by atoms with Crippen LogP contribution >= 0.6 is 0 Å². The van der Waals surface area contributed by atoms with Gasteiger partial charge in [0.05, 0.1) is 13.2 Å². The van der Waals surface area contributed by atoms with Gasteiger partial charge in [-0.25, -0.2) is 9.97 Å². The standard InChI is InChI=1S/C21H29N5O2/c1-25(2)12-17-13-26(20-10-11-22-15-23-20)14-18(17)24-21(27)9-8-16-6-4-5-7-19(16)28-3/h4-7,10-11,15,17-18H,8-9,12-14H2,1-3H3,(H,24,27)/t17-,18-/m1/s1. The van der Waals surface area contributed by atoms with Crippen LogP contribution in [0.2, 0.25) is 0 Å². The van der Waals surface area contributed by atoms with Crippen molar-refractivity contribution in [1.82, 2.24) is 20.2 Å². The number of aromatic nitrogens is 2. The predicted octanol–water partition coefficient (Wildman–Crippen LogP) is 1.60. The fourth-order valence-electron chi connectivity index (χ4n) is 3.78. The van der Waals surface area contributed by atoms with E-state index in [1.54, 1.807) is 19.6 Å². The van der Waals surface area contributed by atoms with Gasteiger partial charge in [0.1, 0.15) is 17.9 Å². The second kappa shape index (κ2) is 9.50. The first kappa shape index (κ1) is 20.1. The van der Waals surface area contributed by atoms with Crippen molar-refractivity contribution in [2.45, 2.75) is 18.9 Å². The molecule has 150 valence electrons. The Bertz CT molecular complexity index is 768. The highest BCUT2D eigenvalue weighted by molar-refractivity contribution is 5.77. The number of ether oxygens (including phenoxy) is 1. The summed E-state index contributed by atoms with van der Waals surface area (Å²) in [7, 11) is 5.78. The van der Waals surface area contributed by atoms with E-state index in [9.17, 15) is 4.79 Å². The highest BCUT2D eigenvalue weighted by Gasteiger charge is 2.34. The molecule has 1 fully saturated rings. The number of hydrogen-bond donors (Lipinski definition) is 1. The van der Waals surface area contributed by atoms with Gasteiger partial charge in [0.2, 0.25) is 5.91 Å². The zero-order valence-electron chi connectivity index (χ0n) is 16.8. The van der Waals surface area contributed by atoms with Crippen LogP contribution in [-0.4, -0.2) is 67.7 Å². The average Bonchev–Trinajstić information content (AvgIpc) is 3.09. The highest BCUT2D eigenvalue weighted by atomic mass is 16.5. The Kier molecular flexibility index (Phi) is 6.81. The minimum Gasteiger partial charge on any atom is -0.496 e. The summed E-state index contributed by atoms with van der Waals surface area (Å²) in [5.41, 5.74) is 1.05. The molecular weight excluding hydrogens is 354 g/mol. The highest BCUT2D eigenvalue weighted by Crippen LogP contribution is 2.23. The van der Waals surface area contributed by atoms with E-state index in [0.717, 1.165) is 36.8 Å². The fraction of sp³-hybridized carbons (Fsp3) is 0.476. The Morgan fingerprint density at radius 1 is 1.29 bits per heavy atom.